The first-order valence-corrected chi connectivity index (χ1v) is 16.5. The molecule has 3 amide bonds. The van der Waals surface area contributed by atoms with Crippen LogP contribution in [0.5, 0.6) is 0 Å². The summed E-state index contributed by atoms with van der Waals surface area (Å²) in [5.74, 6) is 1.11. The maximum absolute atomic E-state index is 12.0. The van der Waals surface area contributed by atoms with Crippen LogP contribution in [-0.2, 0) is 14.3 Å². The van der Waals surface area contributed by atoms with Gasteiger partial charge < -0.3 is 20.3 Å². The molecule has 0 spiro atoms. The van der Waals surface area contributed by atoms with Crippen LogP contribution in [0.15, 0.2) is 0 Å². The van der Waals surface area contributed by atoms with Gasteiger partial charge in [0.15, 0.2) is 0 Å². The van der Waals surface area contributed by atoms with Gasteiger partial charge >= 0.3 is 6.09 Å². The predicted octanol–water partition coefficient (Wildman–Crippen LogP) is 5.83. The molecule has 0 aromatic rings. The van der Waals surface area contributed by atoms with Crippen LogP contribution in [0.3, 0.4) is 0 Å². The van der Waals surface area contributed by atoms with Crippen LogP contribution in [0, 0.1) is 0 Å². The second-order valence-corrected chi connectivity index (χ2v) is 12.2. The summed E-state index contributed by atoms with van der Waals surface area (Å²) >= 11 is 4.20. The van der Waals surface area contributed by atoms with E-state index in [0.717, 1.165) is 31.8 Å². The number of rotatable bonds is 22. The van der Waals surface area contributed by atoms with Crippen LogP contribution in [0.2, 0.25) is 0 Å². The van der Waals surface area contributed by atoms with Crippen molar-refractivity contribution in [2.24, 2.45) is 0 Å². The van der Waals surface area contributed by atoms with Crippen molar-refractivity contribution in [3.8, 4) is 0 Å². The number of amides is 3. The van der Waals surface area contributed by atoms with Crippen LogP contribution in [0.4, 0.5) is 4.79 Å². The molecule has 10 heteroatoms. The van der Waals surface area contributed by atoms with Gasteiger partial charge in [-0.3, -0.25) is 19.4 Å². The number of hydrogen-bond acceptors (Lipinski definition) is 7. The number of carbonyl (C=O) groups excluding carboxylic acids is 3. The molecule has 0 bridgehead atoms. The van der Waals surface area contributed by atoms with E-state index in [1.54, 1.807) is 26.0 Å². The van der Waals surface area contributed by atoms with Crippen molar-refractivity contribution in [2.45, 2.75) is 118 Å². The molecular weight excluding hydrogens is 550 g/mol. The summed E-state index contributed by atoms with van der Waals surface area (Å²) in [7, 11) is 5.08. The Hall–Kier alpha value is -1.52. The molecule has 0 fully saturated rings. The lowest BCUT2D eigenvalue weighted by atomic mass is 10.1. The second-order valence-electron chi connectivity index (χ2n) is 11.7. The smallest absolute Gasteiger partial charge is 0.410 e. The fraction of sp³-hybridized carbons (Fsp3) is 0.906. The third kappa shape index (κ3) is 30.0. The number of thiol groups is 1. The average Bonchev–Trinajstić information content (AvgIpc) is 2.92. The zero-order chi connectivity index (χ0) is 31.5. The van der Waals surface area contributed by atoms with Gasteiger partial charge in [0.25, 0.3) is 0 Å². The van der Waals surface area contributed by atoms with E-state index in [9.17, 15) is 14.4 Å². The maximum Gasteiger partial charge on any atom is 0.410 e. The summed E-state index contributed by atoms with van der Waals surface area (Å²) in [6.45, 7) is 15.0. The Bertz CT molecular complexity index is 661. The lowest BCUT2D eigenvalue weighted by Crippen LogP contribution is -2.42. The number of carbonyl (C=O) groups is 3. The molecule has 0 atom stereocenters. The minimum atomic E-state index is -0.494. The van der Waals surface area contributed by atoms with Crippen LogP contribution in [-0.4, -0.2) is 111 Å². The normalized spacial score (nSPS) is 10.9. The van der Waals surface area contributed by atoms with E-state index in [-0.39, 0.29) is 25.3 Å². The summed E-state index contributed by atoms with van der Waals surface area (Å²) in [6.07, 6.45) is 12.9. The molecule has 2 N–H and O–H groups in total. The predicted molar refractivity (Wildman–Crippen MR) is 183 cm³/mol. The highest BCUT2D eigenvalue weighted by Gasteiger charge is 2.20. The Morgan fingerprint density at radius 2 is 1.10 bits per heavy atom. The monoisotopic (exact) mass is 620 g/mol. The summed E-state index contributed by atoms with van der Waals surface area (Å²) in [6, 6.07) is 0. The van der Waals surface area contributed by atoms with Crippen molar-refractivity contribution in [1.82, 2.24) is 25.3 Å². The van der Waals surface area contributed by atoms with Gasteiger partial charge in [-0.05, 0) is 71.8 Å². The van der Waals surface area contributed by atoms with Gasteiger partial charge in [0.2, 0.25) is 11.8 Å². The molecule has 0 saturated heterocycles. The van der Waals surface area contributed by atoms with Gasteiger partial charge in [-0.25, -0.2) is 4.79 Å². The summed E-state index contributed by atoms with van der Waals surface area (Å²) in [5, 5.41) is 5.35. The Morgan fingerprint density at radius 1 is 0.667 bits per heavy atom. The van der Waals surface area contributed by atoms with E-state index in [2.05, 4.69) is 46.9 Å². The first-order valence-electron chi connectivity index (χ1n) is 15.8. The van der Waals surface area contributed by atoms with Crippen LogP contribution in [0.1, 0.15) is 113 Å². The molecule has 0 unspecified atom stereocenters. The van der Waals surface area contributed by atoms with Crippen molar-refractivity contribution >= 4 is 30.5 Å². The molecule has 0 radical (unpaired) electrons. The molecule has 0 aliphatic carbocycles. The Morgan fingerprint density at radius 3 is 1.52 bits per heavy atom. The Kier molecular flexibility index (Phi) is 31.6. The summed E-state index contributed by atoms with van der Waals surface area (Å²) in [5.41, 5.74) is -0.494. The van der Waals surface area contributed by atoms with Crippen molar-refractivity contribution in [2.75, 3.05) is 72.7 Å². The molecule has 0 aliphatic rings. The zero-order valence-electron chi connectivity index (χ0n) is 27.9. The molecule has 9 nitrogen and oxygen atoms in total. The van der Waals surface area contributed by atoms with E-state index in [0.29, 0.717) is 26.2 Å². The molecule has 252 valence electrons. The number of likely N-dealkylation sites (N-methyl/N-ethyl adjacent to an activating group) is 3. The highest BCUT2D eigenvalue weighted by Crippen LogP contribution is 2.09. The quantitative estimate of drug-likeness (QED) is 0.104. The topological polar surface area (TPSA) is 94.2 Å². The molecule has 0 aliphatic heterocycles. The SMILES string of the molecule is C.CCCCCCCN(CCN(C)C(=O)OC(C)(C)C)CC(=O)NC.CCCCN(CCCCCCS)CC(=O)NC. The molecule has 0 saturated carbocycles. The second kappa shape index (κ2) is 29.5. The minimum Gasteiger partial charge on any atom is -0.444 e. The van der Waals surface area contributed by atoms with E-state index in [1.165, 1.54) is 64.2 Å². The molecular formula is C32H69N5O4S. The van der Waals surface area contributed by atoms with E-state index in [4.69, 9.17) is 4.74 Å². The fourth-order valence-corrected chi connectivity index (χ4v) is 4.17. The van der Waals surface area contributed by atoms with Gasteiger partial charge in [0.05, 0.1) is 13.1 Å². The maximum atomic E-state index is 12.0. The van der Waals surface area contributed by atoms with Crippen molar-refractivity contribution in [1.29, 1.82) is 0 Å². The number of nitrogens with zero attached hydrogens (tertiary/aromatic N) is 3. The molecule has 42 heavy (non-hydrogen) atoms. The number of unbranched alkanes of at least 4 members (excludes halogenated alkanes) is 8. The van der Waals surface area contributed by atoms with Crippen LogP contribution >= 0.6 is 12.6 Å². The van der Waals surface area contributed by atoms with E-state index >= 15 is 0 Å². The number of nitrogens with one attached hydrogen (secondary N) is 2. The average molecular weight is 620 g/mol. The molecule has 0 heterocycles. The molecule has 0 aromatic heterocycles. The lowest BCUT2D eigenvalue weighted by molar-refractivity contribution is -0.122. The van der Waals surface area contributed by atoms with Gasteiger partial charge in [0, 0.05) is 34.2 Å². The minimum absolute atomic E-state index is 0. The summed E-state index contributed by atoms with van der Waals surface area (Å²) < 4.78 is 5.35. The standard InChI is InChI=1S/C18H37N3O3.C13H28N2OS.CH4/c1-7-8-9-10-11-12-21(15-16(22)19-5)14-13-20(6)17(23)24-18(2,3)4;1-3-4-9-15(12-13(16)14-2)10-7-5-6-8-11-17;/h7-15H2,1-6H3,(H,19,22);17H,3-12H2,1-2H3,(H,14,16);1H4. The molecule has 0 aromatic carbocycles. The fourth-order valence-electron chi connectivity index (χ4n) is 3.95. The molecule has 0 rings (SSSR count). The van der Waals surface area contributed by atoms with E-state index in [1.807, 2.05) is 20.8 Å². The van der Waals surface area contributed by atoms with Gasteiger partial charge in [-0.15, -0.1) is 0 Å². The summed E-state index contributed by atoms with van der Waals surface area (Å²) in [4.78, 5) is 40.9. The first-order chi connectivity index (χ1) is 19.4. The number of hydrogen-bond donors (Lipinski definition) is 3. The van der Waals surface area contributed by atoms with Gasteiger partial charge in [-0.1, -0.05) is 66.2 Å². The number of ether oxygens (including phenoxy) is 1. The van der Waals surface area contributed by atoms with Crippen molar-refractivity contribution < 1.29 is 19.1 Å². The first kappa shape index (κ1) is 44.9. The highest BCUT2D eigenvalue weighted by atomic mass is 32.1. The Labute approximate surface area is 265 Å². The van der Waals surface area contributed by atoms with Crippen LogP contribution < -0.4 is 10.6 Å². The third-order valence-electron chi connectivity index (χ3n) is 6.54. The van der Waals surface area contributed by atoms with Gasteiger partial charge in [-0.2, -0.15) is 12.6 Å². The van der Waals surface area contributed by atoms with Crippen molar-refractivity contribution in [3.63, 3.8) is 0 Å². The Balaban J connectivity index is -0.000000748. The third-order valence-corrected chi connectivity index (χ3v) is 6.85. The highest BCUT2D eigenvalue weighted by molar-refractivity contribution is 7.80. The van der Waals surface area contributed by atoms with Gasteiger partial charge in [0.1, 0.15) is 5.60 Å². The largest absolute Gasteiger partial charge is 0.444 e. The van der Waals surface area contributed by atoms with Crippen molar-refractivity contribution in [3.05, 3.63) is 0 Å². The lowest BCUT2D eigenvalue weighted by Gasteiger charge is -2.27. The van der Waals surface area contributed by atoms with Crippen LogP contribution in [0.25, 0.3) is 0 Å². The zero-order valence-corrected chi connectivity index (χ0v) is 28.8. The van der Waals surface area contributed by atoms with E-state index < -0.39 is 5.60 Å².